The summed E-state index contributed by atoms with van der Waals surface area (Å²) in [5, 5.41) is 3.53. The number of rotatable bonds is 7. The molecule has 29 heavy (non-hydrogen) atoms. The topological polar surface area (TPSA) is 58.6 Å². The van der Waals surface area contributed by atoms with Gasteiger partial charge in [-0.05, 0) is 37.1 Å². The largest absolute Gasteiger partial charge is 0.385 e. The molecular weight excluding hydrogens is 388 g/mol. The van der Waals surface area contributed by atoms with Gasteiger partial charge in [0.1, 0.15) is 0 Å². The number of hydrogen-bond donors (Lipinski definition) is 1. The summed E-state index contributed by atoms with van der Waals surface area (Å²) >= 11 is 6.05. The predicted octanol–water partition coefficient (Wildman–Crippen LogP) is 3.66. The Morgan fingerprint density at radius 2 is 1.93 bits per heavy atom. The Balaban J connectivity index is 1.78. The molecule has 0 spiro atoms. The zero-order chi connectivity index (χ0) is 20.8. The highest BCUT2D eigenvalue weighted by Gasteiger charge is 2.40. The highest BCUT2D eigenvalue weighted by atomic mass is 35.5. The average Bonchev–Trinajstić information content (AvgIpc) is 3.16. The lowest BCUT2D eigenvalue weighted by molar-refractivity contribution is -0.124. The Bertz CT molecular complexity index is 853. The van der Waals surface area contributed by atoms with Crippen molar-refractivity contribution in [1.82, 2.24) is 10.2 Å². The molecule has 2 atom stereocenters. The summed E-state index contributed by atoms with van der Waals surface area (Å²) < 4.78 is 5.04. The van der Waals surface area contributed by atoms with E-state index < -0.39 is 0 Å². The lowest BCUT2D eigenvalue weighted by Crippen LogP contribution is -2.36. The summed E-state index contributed by atoms with van der Waals surface area (Å²) in [6.07, 6.45) is 0.759. The van der Waals surface area contributed by atoms with E-state index in [4.69, 9.17) is 16.3 Å². The Labute approximate surface area is 177 Å². The van der Waals surface area contributed by atoms with Gasteiger partial charge in [0.15, 0.2) is 0 Å². The standard InChI is InChI=1S/C23H27ClN2O3/c1-16-7-9-17(10-8-16)20-14-26(23(28)18-5-3-6-19(24)13-18)15-21(20)22(27)25-11-4-12-29-2/h3,5-10,13,20-21H,4,11-12,14-15H2,1-2H3,(H,25,27)/t20-,21+/m0/s1. The molecule has 0 unspecified atom stereocenters. The van der Waals surface area contributed by atoms with Crippen LogP contribution in [0.5, 0.6) is 0 Å². The van der Waals surface area contributed by atoms with Gasteiger partial charge in [-0.3, -0.25) is 9.59 Å². The van der Waals surface area contributed by atoms with Crippen molar-refractivity contribution in [2.24, 2.45) is 5.92 Å². The van der Waals surface area contributed by atoms with Crippen LogP contribution in [0.4, 0.5) is 0 Å². The van der Waals surface area contributed by atoms with Gasteiger partial charge in [-0.15, -0.1) is 0 Å². The molecule has 1 fully saturated rings. The molecule has 5 nitrogen and oxygen atoms in total. The molecule has 1 saturated heterocycles. The van der Waals surface area contributed by atoms with Crippen LogP contribution in [-0.4, -0.2) is 50.1 Å². The number of nitrogens with one attached hydrogen (secondary N) is 1. The number of amides is 2. The van der Waals surface area contributed by atoms with E-state index in [9.17, 15) is 9.59 Å². The summed E-state index contributed by atoms with van der Waals surface area (Å²) in [6.45, 7) is 4.09. The molecule has 2 aromatic rings. The normalized spacial score (nSPS) is 18.7. The van der Waals surface area contributed by atoms with E-state index >= 15 is 0 Å². The molecule has 2 aromatic carbocycles. The molecule has 0 aromatic heterocycles. The molecule has 154 valence electrons. The van der Waals surface area contributed by atoms with Crippen LogP contribution in [0.1, 0.15) is 33.8 Å². The molecule has 0 saturated carbocycles. The van der Waals surface area contributed by atoms with Crippen LogP contribution in [0.2, 0.25) is 5.02 Å². The molecule has 1 aliphatic heterocycles. The number of carbonyl (C=O) groups excluding carboxylic acids is 2. The maximum atomic E-state index is 13.0. The lowest BCUT2D eigenvalue weighted by atomic mass is 9.88. The van der Waals surface area contributed by atoms with Crippen molar-refractivity contribution in [2.75, 3.05) is 33.4 Å². The molecule has 0 bridgehead atoms. The fraction of sp³-hybridized carbons (Fsp3) is 0.391. The van der Waals surface area contributed by atoms with Crippen LogP contribution in [0.15, 0.2) is 48.5 Å². The monoisotopic (exact) mass is 414 g/mol. The van der Waals surface area contributed by atoms with Gasteiger partial charge in [-0.2, -0.15) is 0 Å². The second-order valence-corrected chi connectivity index (χ2v) is 7.92. The number of methoxy groups -OCH3 is 1. The van der Waals surface area contributed by atoms with Crippen molar-refractivity contribution >= 4 is 23.4 Å². The van der Waals surface area contributed by atoms with Gasteiger partial charge in [0, 0.05) is 49.9 Å². The van der Waals surface area contributed by atoms with E-state index in [1.165, 1.54) is 5.56 Å². The smallest absolute Gasteiger partial charge is 0.253 e. The van der Waals surface area contributed by atoms with Crippen molar-refractivity contribution in [3.63, 3.8) is 0 Å². The second-order valence-electron chi connectivity index (χ2n) is 7.48. The van der Waals surface area contributed by atoms with Crippen molar-refractivity contribution in [2.45, 2.75) is 19.3 Å². The minimum atomic E-state index is -0.289. The van der Waals surface area contributed by atoms with Gasteiger partial charge >= 0.3 is 0 Å². The molecule has 1 aliphatic rings. The third-order valence-electron chi connectivity index (χ3n) is 5.35. The van der Waals surface area contributed by atoms with Gasteiger partial charge < -0.3 is 15.0 Å². The molecule has 0 radical (unpaired) electrons. The fourth-order valence-corrected chi connectivity index (χ4v) is 3.94. The Hall–Kier alpha value is -2.37. The van der Waals surface area contributed by atoms with Gasteiger partial charge in [-0.25, -0.2) is 0 Å². The number of nitrogens with zero attached hydrogens (tertiary/aromatic N) is 1. The predicted molar refractivity (Wildman–Crippen MR) is 114 cm³/mol. The van der Waals surface area contributed by atoms with Crippen molar-refractivity contribution in [1.29, 1.82) is 0 Å². The highest BCUT2D eigenvalue weighted by molar-refractivity contribution is 6.30. The van der Waals surface area contributed by atoms with Crippen molar-refractivity contribution in [3.05, 3.63) is 70.2 Å². The third kappa shape index (κ3) is 5.37. The van der Waals surface area contributed by atoms with Gasteiger partial charge in [0.25, 0.3) is 5.91 Å². The van der Waals surface area contributed by atoms with E-state index in [0.29, 0.717) is 36.8 Å². The zero-order valence-corrected chi connectivity index (χ0v) is 17.6. The minimum absolute atomic E-state index is 0.0203. The fourth-order valence-electron chi connectivity index (χ4n) is 3.75. The molecule has 1 heterocycles. The Morgan fingerprint density at radius 3 is 2.62 bits per heavy atom. The van der Waals surface area contributed by atoms with E-state index in [1.807, 2.05) is 19.1 Å². The van der Waals surface area contributed by atoms with Crippen LogP contribution in [0.3, 0.4) is 0 Å². The molecule has 0 aliphatic carbocycles. The molecular formula is C23H27ClN2O3. The maximum Gasteiger partial charge on any atom is 0.253 e. The van der Waals surface area contributed by atoms with Gasteiger partial charge in [0.2, 0.25) is 5.91 Å². The van der Waals surface area contributed by atoms with E-state index in [1.54, 1.807) is 36.3 Å². The van der Waals surface area contributed by atoms with E-state index in [0.717, 1.165) is 12.0 Å². The van der Waals surface area contributed by atoms with Crippen LogP contribution < -0.4 is 5.32 Å². The number of halogens is 1. The van der Waals surface area contributed by atoms with Crippen molar-refractivity contribution in [3.8, 4) is 0 Å². The number of benzene rings is 2. The van der Waals surface area contributed by atoms with Crippen LogP contribution in [0.25, 0.3) is 0 Å². The second kappa shape index (κ2) is 9.90. The highest BCUT2D eigenvalue weighted by Crippen LogP contribution is 2.34. The molecule has 6 heteroatoms. The number of carbonyl (C=O) groups is 2. The summed E-state index contributed by atoms with van der Waals surface area (Å²) in [7, 11) is 1.64. The first-order valence-electron chi connectivity index (χ1n) is 9.87. The summed E-state index contributed by atoms with van der Waals surface area (Å²) in [4.78, 5) is 27.7. The van der Waals surface area contributed by atoms with E-state index in [2.05, 4.69) is 17.4 Å². The summed E-state index contributed by atoms with van der Waals surface area (Å²) in [6, 6.07) is 15.1. The Kier molecular flexibility index (Phi) is 7.29. The lowest BCUT2D eigenvalue weighted by Gasteiger charge is -2.18. The first-order valence-corrected chi connectivity index (χ1v) is 10.3. The molecule has 1 N–H and O–H groups in total. The van der Waals surface area contributed by atoms with Crippen LogP contribution >= 0.6 is 11.6 Å². The van der Waals surface area contributed by atoms with Gasteiger partial charge in [0.05, 0.1) is 5.92 Å². The van der Waals surface area contributed by atoms with Crippen LogP contribution in [0, 0.1) is 12.8 Å². The number of hydrogen-bond acceptors (Lipinski definition) is 3. The maximum absolute atomic E-state index is 13.0. The first kappa shape index (κ1) is 21.3. The third-order valence-corrected chi connectivity index (χ3v) is 5.58. The van der Waals surface area contributed by atoms with Gasteiger partial charge in [-0.1, -0.05) is 47.5 Å². The summed E-state index contributed by atoms with van der Waals surface area (Å²) in [5.41, 5.74) is 2.79. The zero-order valence-electron chi connectivity index (χ0n) is 16.9. The average molecular weight is 415 g/mol. The number of ether oxygens (including phenoxy) is 1. The Morgan fingerprint density at radius 1 is 1.17 bits per heavy atom. The van der Waals surface area contributed by atoms with E-state index in [-0.39, 0.29) is 23.7 Å². The molecule has 2 amide bonds. The molecule has 3 rings (SSSR count). The number of aryl methyl sites for hydroxylation is 1. The number of likely N-dealkylation sites (tertiary alicyclic amines) is 1. The summed E-state index contributed by atoms with van der Waals surface area (Å²) in [5.74, 6) is -0.447. The van der Waals surface area contributed by atoms with Crippen molar-refractivity contribution < 1.29 is 14.3 Å². The van der Waals surface area contributed by atoms with Crippen LogP contribution in [-0.2, 0) is 9.53 Å². The minimum Gasteiger partial charge on any atom is -0.385 e. The first-order chi connectivity index (χ1) is 14.0. The SMILES string of the molecule is COCCCNC(=O)[C@@H]1CN(C(=O)c2cccc(Cl)c2)C[C@H]1c1ccc(C)cc1. The quantitative estimate of drug-likeness (QED) is 0.703.